The minimum Gasteiger partial charge on any atom is -0.496 e. The van der Waals surface area contributed by atoms with Gasteiger partial charge in [0.2, 0.25) is 0 Å². The Morgan fingerprint density at radius 1 is 1.21 bits per heavy atom. The van der Waals surface area contributed by atoms with Gasteiger partial charge in [0.05, 0.1) is 7.11 Å². The number of hydrogen-bond acceptors (Lipinski definition) is 2. The average molecular weight is 263 g/mol. The summed E-state index contributed by atoms with van der Waals surface area (Å²) in [5.41, 5.74) is 4.13. The van der Waals surface area contributed by atoms with E-state index < -0.39 is 0 Å². The van der Waals surface area contributed by atoms with Crippen molar-refractivity contribution in [2.45, 2.75) is 59.4 Å². The molecule has 0 heterocycles. The van der Waals surface area contributed by atoms with Crippen molar-refractivity contribution in [1.29, 1.82) is 0 Å². The molecule has 108 valence electrons. The van der Waals surface area contributed by atoms with E-state index >= 15 is 0 Å². The number of nitrogens with one attached hydrogen (secondary N) is 1. The van der Waals surface area contributed by atoms with E-state index in [0.29, 0.717) is 6.04 Å². The van der Waals surface area contributed by atoms with Crippen LogP contribution in [0.25, 0.3) is 0 Å². The summed E-state index contributed by atoms with van der Waals surface area (Å²) in [5.74, 6) is 1.01. The monoisotopic (exact) mass is 263 g/mol. The molecule has 19 heavy (non-hydrogen) atoms. The quantitative estimate of drug-likeness (QED) is 0.871. The Morgan fingerprint density at radius 2 is 1.84 bits per heavy atom. The lowest BCUT2D eigenvalue weighted by Crippen LogP contribution is -2.25. The van der Waals surface area contributed by atoms with Gasteiger partial charge in [-0.25, -0.2) is 0 Å². The fraction of sp³-hybridized carbons (Fsp3) is 0.647. The number of ether oxygens (including phenoxy) is 1. The van der Waals surface area contributed by atoms with Crippen molar-refractivity contribution >= 4 is 0 Å². The van der Waals surface area contributed by atoms with Crippen molar-refractivity contribution in [2.24, 2.45) is 0 Å². The Bertz CT molecular complexity index is 416. The second-order valence-electron chi connectivity index (χ2n) is 6.59. The molecule has 0 saturated carbocycles. The molecule has 0 aliphatic heterocycles. The van der Waals surface area contributed by atoms with Crippen molar-refractivity contribution in [1.82, 2.24) is 5.32 Å². The highest BCUT2D eigenvalue weighted by Crippen LogP contribution is 2.33. The van der Waals surface area contributed by atoms with E-state index in [1.54, 1.807) is 7.11 Å². The van der Waals surface area contributed by atoms with Crippen LogP contribution in [-0.4, -0.2) is 19.7 Å². The molecule has 0 aromatic heterocycles. The Hall–Kier alpha value is -1.02. The third-order valence-electron chi connectivity index (χ3n) is 3.41. The molecule has 0 spiro atoms. The van der Waals surface area contributed by atoms with E-state index in [9.17, 15) is 0 Å². The van der Waals surface area contributed by atoms with Gasteiger partial charge in [-0.3, -0.25) is 0 Å². The molecule has 1 rings (SSSR count). The highest BCUT2D eigenvalue weighted by Gasteiger charge is 2.20. The maximum atomic E-state index is 5.53. The zero-order valence-electron chi connectivity index (χ0n) is 13.6. The van der Waals surface area contributed by atoms with Gasteiger partial charge in [0.25, 0.3) is 0 Å². The van der Waals surface area contributed by atoms with Gasteiger partial charge in [0.15, 0.2) is 0 Å². The lowest BCUT2D eigenvalue weighted by molar-refractivity contribution is 0.397. The van der Waals surface area contributed by atoms with Crippen molar-refractivity contribution in [3.63, 3.8) is 0 Å². The molecule has 0 atom stereocenters. The van der Waals surface area contributed by atoms with Crippen LogP contribution in [-0.2, 0) is 11.8 Å². The van der Waals surface area contributed by atoms with Crippen molar-refractivity contribution in [2.75, 3.05) is 13.7 Å². The van der Waals surface area contributed by atoms with Gasteiger partial charge < -0.3 is 10.1 Å². The highest BCUT2D eigenvalue weighted by atomic mass is 16.5. The first kappa shape index (κ1) is 16.0. The number of methoxy groups -OCH3 is 1. The van der Waals surface area contributed by atoms with Crippen molar-refractivity contribution in [3.8, 4) is 5.75 Å². The van der Waals surface area contributed by atoms with Gasteiger partial charge >= 0.3 is 0 Å². The first-order chi connectivity index (χ1) is 8.75. The summed E-state index contributed by atoms with van der Waals surface area (Å²) in [6.07, 6.45) is 1.07. The Morgan fingerprint density at radius 3 is 2.32 bits per heavy atom. The average Bonchev–Trinajstić information content (AvgIpc) is 2.28. The molecule has 1 N–H and O–H groups in total. The molecule has 0 fully saturated rings. The molecule has 0 unspecified atom stereocenters. The number of hydrogen-bond donors (Lipinski definition) is 1. The third kappa shape index (κ3) is 4.54. The van der Waals surface area contributed by atoms with Crippen LogP contribution in [0.4, 0.5) is 0 Å². The summed E-state index contributed by atoms with van der Waals surface area (Å²) >= 11 is 0. The Balaban J connectivity index is 2.99. The molecule has 1 aromatic rings. The van der Waals surface area contributed by atoms with E-state index in [2.05, 4.69) is 59.0 Å². The van der Waals surface area contributed by atoms with Gasteiger partial charge in [0, 0.05) is 6.04 Å². The van der Waals surface area contributed by atoms with Crippen LogP contribution in [0.1, 0.15) is 51.3 Å². The number of aryl methyl sites for hydroxylation is 1. The van der Waals surface area contributed by atoms with Crippen molar-refractivity contribution < 1.29 is 4.74 Å². The lowest BCUT2D eigenvalue weighted by Gasteiger charge is -2.24. The SMILES string of the molecule is COc1cc(C)c(CCNC(C)C)cc1C(C)(C)C. The molecule has 0 bridgehead atoms. The van der Waals surface area contributed by atoms with Crippen LogP contribution in [0, 0.1) is 6.92 Å². The second-order valence-corrected chi connectivity index (χ2v) is 6.59. The fourth-order valence-corrected chi connectivity index (χ4v) is 2.25. The summed E-state index contributed by atoms with van der Waals surface area (Å²) in [6.45, 7) is 14.3. The van der Waals surface area contributed by atoms with Gasteiger partial charge in [0.1, 0.15) is 5.75 Å². The van der Waals surface area contributed by atoms with E-state index in [4.69, 9.17) is 4.74 Å². The second kappa shape index (κ2) is 6.42. The molecule has 1 aromatic carbocycles. The van der Waals surface area contributed by atoms with Crippen LogP contribution in [0.3, 0.4) is 0 Å². The molecule has 2 heteroatoms. The highest BCUT2D eigenvalue weighted by molar-refractivity contribution is 5.45. The molecule has 2 nitrogen and oxygen atoms in total. The fourth-order valence-electron chi connectivity index (χ4n) is 2.25. The molecule has 0 amide bonds. The smallest absolute Gasteiger partial charge is 0.122 e. The molecule has 0 aliphatic carbocycles. The van der Waals surface area contributed by atoms with Crippen LogP contribution in [0.2, 0.25) is 0 Å². The van der Waals surface area contributed by atoms with E-state index in [1.807, 2.05) is 0 Å². The van der Waals surface area contributed by atoms with Crippen LogP contribution >= 0.6 is 0 Å². The topological polar surface area (TPSA) is 21.3 Å². The first-order valence-electron chi connectivity index (χ1n) is 7.17. The Kier molecular flexibility index (Phi) is 5.42. The zero-order chi connectivity index (χ0) is 14.6. The molecule has 0 aliphatic rings. The van der Waals surface area contributed by atoms with Gasteiger partial charge in [-0.1, -0.05) is 40.7 Å². The normalized spacial score (nSPS) is 12.0. The van der Waals surface area contributed by atoms with E-state index in [-0.39, 0.29) is 5.41 Å². The zero-order valence-corrected chi connectivity index (χ0v) is 13.6. The summed E-state index contributed by atoms with van der Waals surface area (Å²) in [4.78, 5) is 0. The molecule has 0 saturated heterocycles. The summed E-state index contributed by atoms with van der Waals surface area (Å²) < 4.78 is 5.53. The molecular formula is C17H29NO. The van der Waals surface area contributed by atoms with E-state index in [1.165, 1.54) is 16.7 Å². The largest absolute Gasteiger partial charge is 0.496 e. The van der Waals surface area contributed by atoms with Crippen molar-refractivity contribution in [3.05, 3.63) is 28.8 Å². The lowest BCUT2D eigenvalue weighted by atomic mass is 9.84. The number of rotatable bonds is 5. The van der Waals surface area contributed by atoms with Gasteiger partial charge in [-0.2, -0.15) is 0 Å². The van der Waals surface area contributed by atoms with Gasteiger partial charge in [-0.05, 0) is 48.1 Å². The van der Waals surface area contributed by atoms with Crippen LogP contribution in [0.15, 0.2) is 12.1 Å². The van der Waals surface area contributed by atoms with Crippen LogP contribution in [0.5, 0.6) is 5.75 Å². The van der Waals surface area contributed by atoms with Gasteiger partial charge in [-0.15, -0.1) is 0 Å². The summed E-state index contributed by atoms with van der Waals surface area (Å²) in [6, 6.07) is 5.03. The summed E-state index contributed by atoms with van der Waals surface area (Å²) in [7, 11) is 1.75. The number of benzene rings is 1. The minimum absolute atomic E-state index is 0.110. The Labute approximate surface area is 118 Å². The van der Waals surface area contributed by atoms with Crippen LogP contribution < -0.4 is 10.1 Å². The summed E-state index contributed by atoms with van der Waals surface area (Å²) in [5, 5.41) is 3.48. The molecule has 0 radical (unpaired) electrons. The van der Waals surface area contributed by atoms with E-state index in [0.717, 1.165) is 18.7 Å². The first-order valence-corrected chi connectivity index (χ1v) is 7.17. The standard InChI is InChI=1S/C17H29NO/c1-12(2)18-9-8-14-11-15(17(4,5)6)16(19-7)10-13(14)3/h10-12,18H,8-9H2,1-7H3. The minimum atomic E-state index is 0.110. The molecular weight excluding hydrogens is 234 g/mol. The maximum absolute atomic E-state index is 5.53. The maximum Gasteiger partial charge on any atom is 0.122 e. The predicted molar refractivity (Wildman–Crippen MR) is 83.3 cm³/mol. The predicted octanol–water partition coefficient (Wildman–Crippen LogP) is 3.84. The third-order valence-corrected chi connectivity index (χ3v) is 3.41.